The molecule has 0 unspecified atom stereocenters. The highest BCUT2D eigenvalue weighted by Gasteiger charge is 2.14. The fraction of sp³-hybridized carbons (Fsp3) is 0.632. The van der Waals surface area contributed by atoms with Crippen LogP contribution in [0.1, 0.15) is 71.3 Å². The predicted molar refractivity (Wildman–Crippen MR) is 94.8 cm³/mol. The summed E-state index contributed by atoms with van der Waals surface area (Å²) in [5.74, 6) is 0.771. The molecule has 0 radical (unpaired) electrons. The molecular weight excluding hydrogens is 290 g/mol. The summed E-state index contributed by atoms with van der Waals surface area (Å²) in [7, 11) is 0. The van der Waals surface area contributed by atoms with Crippen LogP contribution < -0.4 is 4.74 Å². The average Bonchev–Trinajstić information content (AvgIpc) is 2.52. The summed E-state index contributed by atoms with van der Waals surface area (Å²) in [5.41, 5.74) is 1.02. The second kappa shape index (κ2) is 10.9. The summed E-state index contributed by atoms with van der Waals surface area (Å²) in [6.07, 6.45) is 8.73. The molecule has 1 aromatic carbocycles. The van der Waals surface area contributed by atoms with Crippen molar-refractivity contribution in [2.24, 2.45) is 11.1 Å². The van der Waals surface area contributed by atoms with Crippen LogP contribution in [0.5, 0.6) is 11.5 Å². The SMILES string of the molecule is CCCCCCCCCOc1ccc(C(=NO)C(C)C)c(O)c1. The summed E-state index contributed by atoms with van der Waals surface area (Å²) in [5, 5.41) is 22.4. The van der Waals surface area contributed by atoms with Gasteiger partial charge in [-0.1, -0.05) is 64.5 Å². The maximum atomic E-state index is 10.1. The van der Waals surface area contributed by atoms with Crippen LogP contribution in [0, 0.1) is 5.92 Å². The minimum absolute atomic E-state index is 0.0328. The Morgan fingerprint density at radius 1 is 1.09 bits per heavy atom. The van der Waals surface area contributed by atoms with Crippen LogP contribution in [0.2, 0.25) is 0 Å². The van der Waals surface area contributed by atoms with Crippen LogP contribution >= 0.6 is 0 Å². The lowest BCUT2D eigenvalue weighted by molar-refractivity contribution is 0.302. The largest absolute Gasteiger partial charge is 0.507 e. The Kier molecular flexibility index (Phi) is 9.18. The van der Waals surface area contributed by atoms with Gasteiger partial charge in [-0.05, 0) is 24.5 Å². The zero-order chi connectivity index (χ0) is 17.1. The quantitative estimate of drug-likeness (QED) is 0.250. The topological polar surface area (TPSA) is 62.0 Å². The van der Waals surface area contributed by atoms with Crippen molar-refractivity contribution in [1.82, 2.24) is 0 Å². The lowest BCUT2D eigenvalue weighted by Gasteiger charge is -2.12. The summed E-state index contributed by atoms with van der Waals surface area (Å²) in [6.45, 7) is 6.72. The highest BCUT2D eigenvalue weighted by molar-refractivity contribution is 6.03. The normalized spacial score (nSPS) is 11.9. The van der Waals surface area contributed by atoms with Gasteiger partial charge in [0.2, 0.25) is 0 Å². The number of phenolic OH excluding ortho intramolecular Hbond substituents is 1. The number of unbranched alkanes of at least 4 members (excludes halogenated alkanes) is 6. The highest BCUT2D eigenvalue weighted by atomic mass is 16.5. The average molecular weight is 321 g/mol. The molecule has 0 bridgehead atoms. The number of hydrogen-bond donors (Lipinski definition) is 2. The van der Waals surface area contributed by atoms with E-state index in [9.17, 15) is 5.11 Å². The molecule has 4 nitrogen and oxygen atoms in total. The van der Waals surface area contributed by atoms with E-state index in [1.54, 1.807) is 12.1 Å². The molecule has 0 aliphatic carbocycles. The number of nitrogens with zero attached hydrogens (tertiary/aromatic N) is 1. The van der Waals surface area contributed by atoms with Crippen molar-refractivity contribution < 1.29 is 15.1 Å². The maximum absolute atomic E-state index is 10.1. The van der Waals surface area contributed by atoms with Crippen molar-refractivity contribution >= 4 is 5.71 Å². The molecular formula is C19H31NO3. The van der Waals surface area contributed by atoms with Gasteiger partial charge in [0.05, 0.1) is 12.3 Å². The van der Waals surface area contributed by atoms with Gasteiger partial charge in [-0.15, -0.1) is 0 Å². The lowest BCUT2D eigenvalue weighted by atomic mass is 9.99. The molecule has 0 saturated heterocycles. The molecule has 23 heavy (non-hydrogen) atoms. The third-order valence-corrected chi connectivity index (χ3v) is 3.92. The van der Waals surface area contributed by atoms with Crippen molar-refractivity contribution in [2.75, 3.05) is 6.61 Å². The van der Waals surface area contributed by atoms with Crippen LogP contribution in [-0.4, -0.2) is 22.6 Å². The summed E-state index contributed by atoms with van der Waals surface area (Å²) in [6, 6.07) is 5.14. The Morgan fingerprint density at radius 3 is 2.30 bits per heavy atom. The van der Waals surface area contributed by atoms with E-state index in [4.69, 9.17) is 9.94 Å². The molecule has 0 aliphatic rings. The van der Waals surface area contributed by atoms with Crippen LogP contribution in [0.25, 0.3) is 0 Å². The predicted octanol–water partition coefficient (Wildman–Crippen LogP) is 5.36. The van der Waals surface area contributed by atoms with E-state index < -0.39 is 0 Å². The Bertz CT molecular complexity index is 484. The van der Waals surface area contributed by atoms with E-state index in [0.29, 0.717) is 23.6 Å². The van der Waals surface area contributed by atoms with Gasteiger partial charge in [0.25, 0.3) is 0 Å². The van der Waals surface area contributed by atoms with Crippen molar-refractivity contribution in [2.45, 2.75) is 65.7 Å². The van der Waals surface area contributed by atoms with Crippen LogP contribution in [0.15, 0.2) is 23.4 Å². The van der Waals surface area contributed by atoms with Crippen LogP contribution in [0.3, 0.4) is 0 Å². The summed E-state index contributed by atoms with van der Waals surface area (Å²) >= 11 is 0. The van der Waals surface area contributed by atoms with Crippen molar-refractivity contribution in [3.05, 3.63) is 23.8 Å². The molecule has 1 rings (SSSR count). The monoisotopic (exact) mass is 321 g/mol. The number of rotatable bonds is 11. The van der Waals surface area contributed by atoms with Crippen molar-refractivity contribution in [3.8, 4) is 11.5 Å². The highest BCUT2D eigenvalue weighted by Crippen LogP contribution is 2.26. The summed E-state index contributed by atoms with van der Waals surface area (Å²) < 4.78 is 5.68. The number of oxime groups is 1. The van der Waals surface area contributed by atoms with Gasteiger partial charge in [-0.2, -0.15) is 0 Å². The maximum Gasteiger partial charge on any atom is 0.128 e. The molecule has 1 aromatic rings. The van der Waals surface area contributed by atoms with Crippen molar-refractivity contribution in [1.29, 1.82) is 0 Å². The number of phenols is 1. The molecule has 0 aliphatic heterocycles. The third kappa shape index (κ3) is 6.93. The first-order valence-corrected chi connectivity index (χ1v) is 8.78. The molecule has 2 N–H and O–H groups in total. The van der Waals surface area contributed by atoms with Crippen molar-refractivity contribution in [3.63, 3.8) is 0 Å². The second-order valence-corrected chi connectivity index (χ2v) is 6.29. The fourth-order valence-corrected chi connectivity index (χ4v) is 2.55. The number of ether oxygens (including phenoxy) is 1. The Morgan fingerprint density at radius 2 is 1.74 bits per heavy atom. The molecule has 130 valence electrons. The van der Waals surface area contributed by atoms with E-state index >= 15 is 0 Å². The third-order valence-electron chi connectivity index (χ3n) is 3.92. The molecule has 0 atom stereocenters. The van der Waals surface area contributed by atoms with E-state index in [-0.39, 0.29) is 11.7 Å². The molecule has 4 heteroatoms. The molecule has 0 spiro atoms. The van der Waals surface area contributed by atoms with Gasteiger partial charge >= 0.3 is 0 Å². The van der Waals surface area contributed by atoms with Gasteiger partial charge in [0.1, 0.15) is 11.5 Å². The first-order chi connectivity index (χ1) is 11.1. The zero-order valence-corrected chi connectivity index (χ0v) is 14.7. The molecule has 0 saturated carbocycles. The smallest absolute Gasteiger partial charge is 0.128 e. The van der Waals surface area contributed by atoms with E-state index in [1.807, 2.05) is 19.9 Å². The molecule has 0 fully saturated rings. The Balaban J connectivity index is 2.38. The molecule has 0 aromatic heterocycles. The Hall–Kier alpha value is -1.71. The first-order valence-electron chi connectivity index (χ1n) is 8.78. The number of benzene rings is 1. The van der Waals surface area contributed by atoms with Gasteiger partial charge in [0, 0.05) is 11.6 Å². The first kappa shape index (κ1) is 19.3. The minimum Gasteiger partial charge on any atom is -0.507 e. The van der Waals surface area contributed by atoms with E-state index in [0.717, 1.165) is 6.42 Å². The van der Waals surface area contributed by atoms with E-state index in [2.05, 4.69) is 12.1 Å². The lowest BCUT2D eigenvalue weighted by Crippen LogP contribution is -2.09. The number of aromatic hydroxyl groups is 1. The molecule has 0 amide bonds. The van der Waals surface area contributed by atoms with Crippen LogP contribution in [-0.2, 0) is 0 Å². The number of hydrogen-bond acceptors (Lipinski definition) is 4. The zero-order valence-electron chi connectivity index (χ0n) is 14.7. The minimum atomic E-state index is 0.0328. The van der Waals surface area contributed by atoms with Gasteiger partial charge in [0.15, 0.2) is 0 Å². The Labute approximate surface area is 140 Å². The van der Waals surface area contributed by atoms with Gasteiger partial charge in [-0.3, -0.25) is 0 Å². The van der Waals surface area contributed by atoms with Gasteiger partial charge in [-0.25, -0.2) is 0 Å². The van der Waals surface area contributed by atoms with E-state index in [1.165, 1.54) is 38.5 Å². The standard InChI is InChI=1S/C19H31NO3/c1-4-5-6-7-8-9-10-13-23-16-11-12-17(18(21)14-16)19(20-22)15(2)3/h11-12,14-15,21-22H,4-10,13H2,1-3H3. The summed E-state index contributed by atoms with van der Waals surface area (Å²) in [4.78, 5) is 0. The van der Waals surface area contributed by atoms with Crippen LogP contribution in [0.4, 0.5) is 0 Å². The fourth-order valence-electron chi connectivity index (χ4n) is 2.55. The second-order valence-electron chi connectivity index (χ2n) is 6.29. The van der Waals surface area contributed by atoms with Gasteiger partial charge < -0.3 is 15.1 Å². The molecule has 0 heterocycles.